The molecule has 1 fully saturated rings. The van der Waals surface area contributed by atoms with Crippen molar-refractivity contribution in [3.05, 3.63) is 35.1 Å². The van der Waals surface area contributed by atoms with Crippen molar-refractivity contribution in [3.63, 3.8) is 0 Å². The highest BCUT2D eigenvalue weighted by atomic mass is 19.4. The van der Waals surface area contributed by atoms with Crippen LogP contribution < -0.4 is 5.73 Å². The maximum atomic E-state index is 13.7. The Bertz CT molecular complexity index is 469. The lowest BCUT2D eigenvalue weighted by molar-refractivity contribution is -0.137. The quantitative estimate of drug-likeness (QED) is 0.838. The van der Waals surface area contributed by atoms with E-state index in [0.29, 0.717) is 12.1 Å². The van der Waals surface area contributed by atoms with Gasteiger partial charge in [0.1, 0.15) is 5.82 Å². The first-order valence-electron chi connectivity index (χ1n) is 6.61. The predicted octanol–water partition coefficient (Wildman–Crippen LogP) is 3.40. The number of alkyl halides is 3. The summed E-state index contributed by atoms with van der Waals surface area (Å²) in [6.45, 7) is 0. The summed E-state index contributed by atoms with van der Waals surface area (Å²) >= 11 is 0. The second-order valence-corrected chi connectivity index (χ2v) is 5.29. The number of rotatable bonds is 3. The number of hydrogen-bond acceptors (Lipinski definition) is 2. The Morgan fingerprint density at radius 2 is 1.80 bits per heavy atom. The van der Waals surface area contributed by atoms with Crippen LogP contribution in [-0.4, -0.2) is 11.2 Å². The van der Waals surface area contributed by atoms with Crippen LogP contribution in [0.25, 0.3) is 0 Å². The Morgan fingerprint density at radius 3 is 2.35 bits per heavy atom. The fraction of sp³-hybridized carbons (Fsp3) is 0.571. The van der Waals surface area contributed by atoms with Crippen molar-refractivity contribution < 1.29 is 22.7 Å². The molecule has 112 valence electrons. The standard InChI is InChI=1S/C14H17F4NO/c15-11-6-5-9(14(16,17)18)7-10(11)12(19)13(20)8-3-1-2-4-8/h5-8,12-13,20H,1-4,19H2/t12-,13+/m1/s1. The fourth-order valence-electron chi connectivity index (χ4n) is 2.75. The monoisotopic (exact) mass is 291 g/mol. The molecule has 2 rings (SSSR count). The summed E-state index contributed by atoms with van der Waals surface area (Å²) in [6.07, 6.45) is -2.11. The first-order valence-corrected chi connectivity index (χ1v) is 6.61. The Kier molecular flexibility index (Phi) is 4.34. The molecular formula is C14H17F4NO. The molecule has 0 radical (unpaired) electrons. The average Bonchev–Trinajstić information content (AvgIpc) is 2.90. The van der Waals surface area contributed by atoms with Crippen LogP contribution in [0.15, 0.2) is 18.2 Å². The van der Waals surface area contributed by atoms with Crippen LogP contribution in [0.2, 0.25) is 0 Å². The Labute approximate surface area is 114 Å². The first-order chi connectivity index (χ1) is 9.30. The zero-order valence-electron chi connectivity index (χ0n) is 10.8. The average molecular weight is 291 g/mol. The third-order valence-electron chi connectivity index (χ3n) is 3.93. The van der Waals surface area contributed by atoms with E-state index >= 15 is 0 Å². The second kappa shape index (κ2) is 5.69. The summed E-state index contributed by atoms with van der Waals surface area (Å²) < 4.78 is 51.6. The van der Waals surface area contributed by atoms with Gasteiger partial charge < -0.3 is 10.8 Å². The number of benzene rings is 1. The molecule has 0 amide bonds. The topological polar surface area (TPSA) is 46.2 Å². The van der Waals surface area contributed by atoms with Gasteiger partial charge in [-0.1, -0.05) is 12.8 Å². The molecule has 3 N–H and O–H groups in total. The maximum absolute atomic E-state index is 13.7. The maximum Gasteiger partial charge on any atom is 0.416 e. The minimum absolute atomic E-state index is 0.0704. The summed E-state index contributed by atoms with van der Waals surface area (Å²) in [4.78, 5) is 0. The van der Waals surface area contributed by atoms with Crippen molar-refractivity contribution in [2.45, 2.75) is 44.0 Å². The third-order valence-corrected chi connectivity index (χ3v) is 3.93. The van der Waals surface area contributed by atoms with E-state index in [1.165, 1.54) is 0 Å². The summed E-state index contributed by atoms with van der Waals surface area (Å²) in [5.41, 5.74) is 4.54. The summed E-state index contributed by atoms with van der Waals surface area (Å²) in [7, 11) is 0. The number of nitrogens with two attached hydrogens (primary N) is 1. The largest absolute Gasteiger partial charge is 0.416 e. The molecule has 0 spiro atoms. The van der Waals surface area contributed by atoms with E-state index in [9.17, 15) is 22.7 Å². The van der Waals surface area contributed by atoms with Gasteiger partial charge in [0, 0.05) is 5.56 Å². The fourth-order valence-corrected chi connectivity index (χ4v) is 2.75. The zero-order valence-corrected chi connectivity index (χ0v) is 10.8. The molecule has 1 aromatic rings. The van der Waals surface area contributed by atoms with Gasteiger partial charge in [0.15, 0.2) is 0 Å². The highest BCUT2D eigenvalue weighted by Crippen LogP contribution is 2.35. The van der Waals surface area contributed by atoms with E-state index in [4.69, 9.17) is 5.73 Å². The number of hydrogen-bond donors (Lipinski definition) is 2. The molecule has 1 saturated carbocycles. The highest BCUT2D eigenvalue weighted by Gasteiger charge is 2.34. The molecule has 2 nitrogen and oxygen atoms in total. The van der Waals surface area contributed by atoms with Crippen LogP contribution in [0.1, 0.15) is 42.9 Å². The summed E-state index contributed by atoms with van der Waals surface area (Å²) in [6, 6.07) is 0.978. The smallest absolute Gasteiger partial charge is 0.391 e. The van der Waals surface area contributed by atoms with E-state index in [0.717, 1.165) is 31.7 Å². The van der Waals surface area contributed by atoms with Gasteiger partial charge in [-0.3, -0.25) is 0 Å². The van der Waals surface area contributed by atoms with Crippen LogP contribution in [0, 0.1) is 11.7 Å². The molecular weight excluding hydrogens is 274 g/mol. The van der Waals surface area contributed by atoms with Gasteiger partial charge in [0.25, 0.3) is 0 Å². The van der Waals surface area contributed by atoms with Gasteiger partial charge in [-0.2, -0.15) is 13.2 Å². The lowest BCUT2D eigenvalue weighted by Crippen LogP contribution is -2.32. The molecule has 2 atom stereocenters. The van der Waals surface area contributed by atoms with E-state index in [-0.39, 0.29) is 11.5 Å². The van der Waals surface area contributed by atoms with Crippen molar-refractivity contribution >= 4 is 0 Å². The van der Waals surface area contributed by atoms with Crippen molar-refractivity contribution in [2.75, 3.05) is 0 Å². The number of aliphatic hydroxyl groups is 1. The van der Waals surface area contributed by atoms with E-state index < -0.39 is 29.7 Å². The van der Waals surface area contributed by atoms with Gasteiger partial charge in [0.2, 0.25) is 0 Å². The Hall–Kier alpha value is -1.14. The molecule has 0 bridgehead atoms. The number of aliphatic hydroxyl groups excluding tert-OH is 1. The van der Waals surface area contributed by atoms with Crippen LogP contribution in [0.5, 0.6) is 0 Å². The third kappa shape index (κ3) is 3.12. The van der Waals surface area contributed by atoms with Gasteiger partial charge in [-0.15, -0.1) is 0 Å². The molecule has 1 aliphatic carbocycles. The van der Waals surface area contributed by atoms with E-state index in [1.807, 2.05) is 0 Å². The molecule has 0 saturated heterocycles. The molecule has 1 aliphatic rings. The molecule has 6 heteroatoms. The minimum atomic E-state index is -4.56. The molecule has 0 aliphatic heterocycles. The second-order valence-electron chi connectivity index (χ2n) is 5.29. The summed E-state index contributed by atoms with van der Waals surface area (Å²) in [5, 5.41) is 10.1. The van der Waals surface area contributed by atoms with Crippen LogP contribution in [-0.2, 0) is 6.18 Å². The SMILES string of the molecule is N[C@H](c1cc(C(F)(F)F)ccc1F)[C@@H](O)C1CCCC1. The lowest BCUT2D eigenvalue weighted by Gasteiger charge is -2.25. The van der Waals surface area contributed by atoms with Gasteiger partial charge >= 0.3 is 6.18 Å². The van der Waals surface area contributed by atoms with E-state index in [1.54, 1.807) is 0 Å². The van der Waals surface area contributed by atoms with Crippen molar-refractivity contribution in [1.29, 1.82) is 0 Å². The molecule has 0 aromatic heterocycles. The zero-order chi connectivity index (χ0) is 14.9. The molecule has 0 heterocycles. The highest BCUT2D eigenvalue weighted by molar-refractivity contribution is 5.30. The first kappa shape index (κ1) is 15.3. The molecule has 0 unspecified atom stereocenters. The van der Waals surface area contributed by atoms with E-state index in [2.05, 4.69) is 0 Å². The van der Waals surface area contributed by atoms with Crippen molar-refractivity contribution in [2.24, 2.45) is 11.7 Å². The van der Waals surface area contributed by atoms with Crippen molar-refractivity contribution in [3.8, 4) is 0 Å². The number of halogens is 4. The van der Waals surface area contributed by atoms with Gasteiger partial charge in [-0.05, 0) is 37.0 Å². The van der Waals surface area contributed by atoms with Gasteiger partial charge in [-0.25, -0.2) is 4.39 Å². The minimum Gasteiger partial charge on any atom is -0.391 e. The molecule has 1 aromatic carbocycles. The normalized spacial score (nSPS) is 20.1. The van der Waals surface area contributed by atoms with Crippen LogP contribution in [0.3, 0.4) is 0 Å². The Balaban J connectivity index is 2.26. The van der Waals surface area contributed by atoms with Gasteiger partial charge in [0.05, 0.1) is 17.7 Å². The lowest BCUT2D eigenvalue weighted by atomic mass is 9.90. The predicted molar refractivity (Wildman–Crippen MR) is 66.3 cm³/mol. The van der Waals surface area contributed by atoms with Crippen LogP contribution in [0.4, 0.5) is 17.6 Å². The van der Waals surface area contributed by atoms with Crippen LogP contribution >= 0.6 is 0 Å². The van der Waals surface area contributed by atoms with Crippen molar-refractivity contribution in [1.82, 2.24) is 0 Å². The summed E-state index contributed by atoms with van der Waals surface area (Å²) in [5.74, 6) is -0.888. The Morgan fingerprint density at radius 1 is 1.20 bits per heavy atom. The molecule has 20 heavy (non-hydrogen) atoms.